The van der Waals surface area contributed by atoms with E-state index >= 15 is 0 Å². The highest BCUT2D eigenvalue weighted by atomic mass is 16.6. The van der Waals surface area contributed by atoms with E-state index in [1.54, 1.807) is 25.7 Å². The van der Waals surface area contributed by atoms with Crippen LogP contribution in [0.1, 0.15) is 95.5 Å². The summed E-state index contributed by atoms with van der Waals surface area (Å²) in [6, 6.07) is 11.7. The highest BCUT2D eigenvalue weighted by molar-refractivity contribution is 5.99. The second-order valence-corrected chi connectivity index (χ2v) is 11.7. The van der Waals surface area contributed by atoms with Crippen molar-refractivity contribution < 1.29 is 19.1 Å². The predicted octanol–water partition coefficient (Wildman–Crippen LogP) is 7.25. The number of alkyl carbamates (subject to hydrolysis) is 1. The lowest BCUT2D eigenvalue weighted by Gasteiger charge is -2.37. The van der Waals surface area contributed by atoms with Crippen molar-refractivity contribution in [3.63, 3.8) is 0 Å². The number of ether oxygens (including phenoxy) is 1. The minimum atomic E-state index is -0.879. The predicted molar refractivity (Wildman–Crippen MR) is 162 cm³/mol. The molecule has 0 fully saturated rings. The average Bonchev–Trinajstić information content (AvgIpc) is 2.88. The van der Waals surface area contributed by atoms with E-state index in [1.807, 2.05) is 77.1 Å². The summed E-state index contributed by atoms with van der Waals surface area (Å²) in [4.78, 5) is 43.1. The first-order valence-electron chi connectivity index (χ1n) is 14.5. The Kier molecular flexibility index (Phi) is 12.2. The van der Waals surface area contributed by atoms with Gasteiger partial charge in [0.2, 0.25) is 5.91 Å². The van der Waals surface area contributed by atoms with Crippen LogP contribution in [0.5, 0.6) is 0 Å². The number of aryl methyl sites for hydroxylation is 2. The molecule has 0 saturated heterocycles. The molecule has 3 amide bonds. The van der Waals surface area contributed by atoms with Gasteiger partial charge in [0.1, 0.15) is 17.7 Å². The third-order valence-corrected chi connectivity index (χ3v) is 7.34. The number of amides is 3. The van der Waals surface area contributed by atoms with Gasteiger partial charge < -0.3 is 20.3 Å². The van der Waals surface area contributed by atoms with Crippen LogP contribution in [-0.2, 0) is 14.3 Å². The van der Waals surface area contributed by atoms with Crippen LogP contribution in [0.15, 0.2) is 42.5 Å². The molecule has 0 saturated carbocycles. The quantitative estimate of drug-likeness (QED) is 0.272. The van der Waals surface area contributed by atoms with E-state index in [0.29, 0.717) is 18.7 Å². The molecule has 0 radical (unpaired) electrons. The van der Waals surface area contributed by atoms with Crippen molar-refractivity contribution in [3.05, 3.63) is 64.7 Å². The molecule has 3 atom stereocenters. The summed E-state index contributed by atoms with van der Waals surface area (Å²) < 4.78 is 5.51. The van der Waals surface area contributed by atoms with Crippen LogP contribution in [0.4, 0.5) is 10.5 Å². The molecular weight excluding hydrogens is 502 g/mol. The second-order valence-electron chi connectivity index (χ2n) is 11.7. The van der Waals surface area contributed by atoms with Crippen LogP contribution >= 0.6 is 0 Å². The Balaban J connectivity index is 2.63. The summed E-state index contributed by atoms with van der Waals surface area (Å²) >= 11 is 0. The van der Waals surface area contributed by atoms with Crippen molar-refractivity contribution in [1.82, 2.24) is 10.2 Å². The minimum Gasteiger partial charge on any atom is -0.444 e. The van der Waals surface area contributed by atoms with Crippen molar-refractivity contribution in [2.45, 2.75) is 106 Å². The zero-order valence-electron chi connectivity index (χ0n) is 25.9. The molecule has 2 rings (SSSR count). The zero-order valence-corrected chi connectivity index (χ0v) is 25.9. The van der Waals surface area contributed by atoms with E-state index in [9.17, 15) is 14.4 Å². The number of benzene rings is 2. The topological polar surface area (TPSA) is 87.7 Å². The molecule has 220 valence electrons. The molecular formula is C33H49N3O4. The number of unbranched alkanes of at least 4 members (excludes halogenated alkanes) is 2. The first kappa shape index (κ1) is 32.9. The standard InChI is InChI=1S/C33H49N3O4/c1-10-12-15-21-36(31(38)28(22(3)11-2)35-32(39)40-33(7,8)9)29(26-19-16-18-23(4)25(26)6)30(37)34-27-20-14-13-17-24(27)5/h13-14,16-20,22,28-29H,10-12,15,21H2,1-9H3,(H,34,37)(H,35,39). The lowest BCUT2D eigenvalue weighted by Crippen LogP contribution is -2.55. The zero-order chi connectivity index (χ0) is 30.0. The highest BCUT2D eigenvalue weighted by Crippen LogP contribution is 2.30. The highest BCUT2D eigenvalue weighted by Gasteiger charge is 2.38. The number of nitrogens with zero attached hydrogens (tertiary/aromatic N) is 1. The summed E-state index contributed by atoms with van der Waals surface area (Å²) in [7, 11) is 0. The molecule has 2 aromatic carbocycles. The normalized spacial score (nSPS) is 13.6. The first-order chi connectivity index (χ1) is 18.8. The Morgan fingerprint density at radius 2 is 1.57 bits per heavy atom. The average molecular weight is 552 g/mol. The molecule has 0 aliphatic rings. The molecule has 2 aromatic rings. The van der Waals surface area contributed by atoms with Gasteiger partial charge in [0.15, 0.2) is 0 Å². The van der Waals surface area contributed by atoms with Crippen LogP contribution in [0.3, 0.4) is 0 Å². The summed E-state index contributed by atoms with van der Waals surface area (Å²) in [6.45, 7) is 17.7. The van der Waals surface area contributed by atoms with E-state index in [1.165, 1.54) is 0 Å². The van der Waals surface area contributed by atoms with Crippen molar-refractivity contribution in [1.29, 1.82) is 0 Å². The van der Waals surface area contributed by atoms with Crippen molar-refractivity contribution in [2.75, 3.05) is 11.9 Å². The van der Waals surface area contributed by atoms with Crippen LogP contribution in [0.25, 0.3) is 0 Å². The Hall–Kier alpha value is -3.35. The van der Waals surface area contributed by atoms with Gasteiger partial charge in [-0.2, -0.15) is 0 Å². The Labute approximate surface area is 241 Å². The number of hydrogen-bond donors (Lipinski definition) is 2. The van der Waals surface area contributed by atoms with Crippen LogP contribution < -0.4 is 10.6 Å². The number of rotatable bonds is 12. The lowest BCUT2D eigenvalue weighted by molar-refractivity contribution is -0.142. The van der Waals surface area contributed by atoms with Gasteiger partial charge in [-0.15, -0.1) is 0 Å². The van der Waals surface area contributed by atoms with Gasteiger partial charge in [-0.1, -0.05) is 76.4 Å². The summed E-state index contributed by atoms with van der Waals surface area (Å²) in [6.07, 6.45) is 2.64. The number of para-hydroxylation sites is 1. The third kappa shape index (κ3) is 9.10. The van der Waals surface area contributed by atoms with Crippen LogP contribution in [-0.4, -0.2) is 41.0 Å². The Bertz CT molecular complexity index is 1150. The van der Waals surface area contributed by atoms with E-state index in [2.05, 4.69) is 17.6 Å². The molecule has 2 N–H and O–H groups in total. The second kappa shape index (κ2) is 14.9. The Morgan fingerprint density at radius 3 is 2.17 bits per heavy atom. The van der Waals surface area contributed by atoms with Gasteiger partial charge in [0.25, 0.3) is 5.91 Å². The molecule has 7 nitrogen and oxygen atoms in total. The molecule has 0 aromatic heterocycles. The fourth-order valence-corrected chi connectivity index (χ4v) is 4.63. The largest absolute Gasteiger partial charge is 0.444 e. The van der Waals surface area contributed by atoms with E-state index < -0.39 is 23.8 Å². The third-order valence-electron chi connectivity index (χ3n) is 7.34. The van der Waals surface area contributed by atoms with Gasteiger partial charge in [-0.05, 0) is 82.2 Å². The maximum atomic E-state index is 14.4. The van der Waals surface area contributed by atoms with Crippen molar-refractivity contribution in [2.24, 2.45) is 5.92 Å². The van der Waals surface area contributed by atoms with Gasteiger partial charge in [-0.25, -0.2) is 4.79 Å². The smallest absolute Gasteiger partial charge is 0.408 e. The summed E-state index contributed by atoms with van der Waals surface area (Å²) in [5.74, 6) is -0.748. The number of carbonyl (C=O) groups is 3. The Morgan fingerprint density at radius 1 is 0.925 bits per heavy atom. The van der Waals surface area contributed by atoms with Gasteiger partial charge in [-0.3, -0.25) is 9.59 Å². The fraction of sp³-hybridized carbons (Fsp3) is 0.545. The lowest BCUT2D eigenvalue weighted by atomic mass is 9.92. The number of hydrogen-bond acceptors (Lipinski definition) is 4. The monoisotopic (exact) mass is 551 g/mol. The van der Waals surface area contributed by atoms with E-state index in [0.717, 1.165) is 41.5 Å². The molecule has 0 spiro atoms. The van der Waals surface area contributed by atoms with Crippen molar-refractivity contribution in [3.8, 4) is 0 Å². The maximum Gasteiger partial charge on any atom is 0.408 e. The minimum absolute atomic E-state index is 0.174. The molecule has 0 bridgehead atoms. The van der Waals surface area contributed by atoms with E-state index in [4.69, 9.17) is 4.74 Å². The summed E-state index contributed by atoms with van der Waals surface area (Å²) in [5, 5.41) is 5.93. The molecule has 0 aliphatic carbocycles. The van der Waals surface area contributed by atoms with Gasteiger partial charge in [0, 0.05) is 12.2 Å². The van der Waals surface area contributed by atoms with Crippen molar-refractivity contribution >= 4 is 23.6 Å². The van der Waals surface area contributed by atoms with E-state index in [-0.39, 0.29) is 17.7 Å². The molecule has 40 heavy (non-hydrogen) atoms. The SMILES string of the molecule is CCCCCN(C(=O)C(NC(=O)OC(C)(C)C)C(C)CC)C(C(=O)Nc1ccccc1C)c1cccc(C)c1C. The number of anilines is 1. The van der Waals surface area contributed by atoms with Gasteiger partial charge >= 0.3 is 6.09 Å². The first-order valence-corrected chi connectivity index (χ1v) is 14.5. The molecule has 0 heterocycles. The maximum absolute atomic E-state index is 14.4. The number of nitrogens with one attached hydrogen (secondary N) is 2. The number of carbonyl (C=O) groups excluding carboxylic acids is 3. The molecule has 7 heteroatoms. The van der Waals surface area contributed by atoms with Crippen LogP contribution in [0, 0.1) is 26.7 Å². The van der Waals surface area contributed by atoms with Crippen LogP contribution in [0.2, 0.25) is 0 Å². The molecule has 3 unspecified atom stereocenters. The fourth-order valence-electron chi connectivity index (χ4n) is 4.63. The summed E-state index contributed by atoms with van der Waals surface area (Å²) in [5.41, 5.74) is 3.70. The van der Waals surface area contributed by atoms with Gasteiger partial charge in [0.05, 0.1) is 0 Å². The molecule has 0 aliphatic heterocycles.